The molecule has 0 aromatic heterocycles. The Kier molecular flexibility index (Phi) is 4.79. The summed E-state index contributed by atoms with van der Waals surface area (Å²) in [5, 5.41) is 10.8. The summed E-state index contributed by atoms with van der Waals surface area (Å²) in [6.07, 6.45) is 0. The molecule has 1 aromatic rings. The minimum Gasteiger partial charge on any atom is -0.329 e. The SMILES string of the molecule is C[C@@H](CN)NS(=O)(=O)c1cc(Br)ccc1[N+](=O)[O-]. The van der Waals surface area contributed by atoms with Gasteiger partial charge in [-0.2, -0.15) is 0 Å². The molecule has 18 heavy (non-hydrogen) atoms. The van der Waals surface area contributed by atoms with Gasteiger partial charge >= 0.3 is 0 Å². The highest BCUT2D eigenvalue weighted by atomic mass is 79.9. The lowest BCUT2D eigenvalue weighted by Crippen LogP contribution is -2.37. The van der Waals surface area contributed by atoms with Gasteiger partial charge in [0.15, 0.2) is 4.90 Å². The molecule has 0 amide bonds. The zero-order valence-electron chi connectivity index (χ0n) is 9.46. The average Bonchev–Trinajstić information content (AvgIpc) is 2.27. The van der Waals surface area contributed by atoms with E-state index in [0.717, 1.165) is 6.07 Å². The quantitative estimate of drug-likeness (QED) is 0.613. The molecule has 0 fully saturated rings. The Hall–Kier alpha value is -1.03. The van der Waals surface area contributed by atoms with Crippen LogP contribution >= 0.6 is 15.9 Å². The van der Waals surface area contributed by atoms with Crippen LogP contribution in [0, 0.1) is 10.1 Å². The van der Waals surface area contributed by atoms with Crippen LogP contribution in [0.5, 0.6) is 0 Å². The number of nitrogens with two attached hydrogens (primary N) is 1. The van der Waals surface area contributed by atoms with E-state index < -0.39 is 26.7 Å². The lowest BCUT2D eigenvalue weighted by Gasteiger charge is -2.12. The molecule has 0 spiro atoms. The van der Waals surface area contributed by atoms with Crippen LogP contribution in [-0.4, -0.2) is 25.9 Å². The highest BCUT2D eigenvalue weighted by Crippen LogP contribution is 2.27. The normalized spacial score (nSPS) is 13.3. The molecule has 0 saturated carbocycles. The molecule has 1 aromatic carbocycles. The lowest BCUT2D eigenvalue weighted by molar-refractivity contribution is -0.387. The zero-order chi connectivity index (χ0) is 13.9. The van der Waals surface area contributed by atoms with Crippen LogP contribution in [0.1, 0.15) is 6.92 Å². The number of nitro benzene ring substituents is 1. The maximum Gasteiger partial charge on any atom is 0.289 e. The molecule has 0 aliphatic rings. The van der Waals surface area contributed by atoms with Crippen LogP contribution in [0.2, 0.25) is 0 Å². The number of benzene rings is 1. The Morgan fingerprint density at radius 1 is 1.56 bits per heavy atom. The third kappa shape index (κ3) is 3.48. The molecule has 1 rings (SSSR count). The lowest BCUT2D eigenvalue weighted by atomic mass is 10.3. The third-order valence-electron chi connectivity index (χ3n) is 2.12. The van der Waals surface area contributed by atoms with Gasteiger partial charge in [-0.15, -0.1) is 0 Å². The summed E-state index contributed by atoms with van der Waals surface area (Å²) in [6, 6.07) is 3.22. The Balaban J connectivity index is 3.30. The number of nitrogens with one attached hydrogen (secondary N) is 1. The topological polar surface area (TPSA) is 115 Å². The minimum absolute atomic E-state index is 0.0982. The van der Waals surface area contributed by atoms with Gasteiger partial charge in [0.05, 0.1) is 4.92 Å². The highest BCUT2D eigenvalue weighted by molar-refractivity contribution is 9.10. The van der Waals surface area contributed by atoms with Crippen LogP contribution < -0.4 is 10.5 Å². The first-order valence-corrected chi connectivity index (χ1v) is 7.22. The monoisotopic (exact) mass is 337 g/mol. The van der Waals surface area contributed by atoms with Crippen molar-refractivity contribution < 1.29 is 13.3 Å². The van der Waals surface area contributed by atoms with E-state index in [1.165, 1.54) is 12.1 Å². The molecule has 3 N–H and O–H groups in total. The van der Waals surface area contributed by atoms with Crippen molar-refractivity contribution in [1.82, 2.24) is 4.72 Å². The molecule has 9 heteroatoms. The molecule has 0 radical (unpaired) electrons. The van der Waals surface area contributed by atoms with Gasteiger partial charge in [0.25, 0.3) is 5.69 Å². The second kappa shape index (κ2) is 5.74. The van der Waals surface area contributed by atoms with E-state index in [0.29, 0.717) is 4.47 Å². The zero-order valence-corrected chi connectivity index (χ0v) is 11.9. The van der Waals surface area contributed by atoms with Crippen molar-refractivity contribution in [3.8, 4) is 0 Å². The molecular formula is C9H12BrN3O4S. The number of hydrogen-bond donors (Lipinski definition) is 2. The smallest absolute Gasteiger partial charge is 0.289 e. The van der Waals surface area contributed by atoms with Gasteiger partial charge in [-0.05, 0) is 19.1 Å². The van der Waals surface area contributed by atoms with Crippen molar-refractivity contribution >= 4 is 31.6 Å². The molecule has 100 valence electrons. The number of rotatable bonds is 5. The van der Waals surface area contributed by atoms with Crippen LogP contribution in [-0.2, 0) is 10.0 Å². The van der Waals surface area contributed by atoms with E-state index in [1.807, 2.05) is 0 Å². The molecule has 0 unspecified atom stereocenters. The summed E-state index contributed by atoms with van der Waals surface area (Å²) in [6.45, 7) is 1.67. The molecule has 0 heterocycles. The maximum atomic E-state index is 12.0. The Labute approximate surface area is 113 Å². The second-order valence-corrected chi connectivity index (χ2v) is 6.23. The maximum absolute atomic E-state index is 12.0. The summed E-state index contributed by atoms with van der Waals surface area (Å²) in [5.41, 5.74) is 4.84. The fourth-order valence-electron chi connectivity index (χ4n) is 1.23. The van der Waals surface area contributed by atoms with Crippen LogP contribution in [0.4, 0.5) is 5.69 Å². The van der Waals surface area contributed by atoms with Crippen LogP contribution in [0.25, 0.3) is 0 Å². The Morgan fingerprint density at radius 2 is 2.17 bits per heavy atom. The summed E-state index contributed by atoms with van der Waals surface area (Å²) in [4.78, 5) is 9.68. The summed E-state index contributed by atoms with van der Waals surface area (Å²) < 4.78 is 26.7. The van der Waals surface area contributed by atoms with Gasteiger partial charge in [0, 0.05) is 23.1 Å². The van der Waals surface area contributed by atoms with Crippen molar-refractivity contribution in [2.24, 2.45) is 5.73 Å². The first-order valence-electron chi connectivity index (χ1n) is 4.94. The predicted octanol–water partition coefficient (Wildman–Crippen LogP) is 0.983. The third-order valence-corrected chi connectivity index (χ3v) is 4.23. The van der Waals surface area contributed by atoms with Gasteiger partial charge in [0.2, 0.25) is 10.0 Å². The van der Waals surface area contributed by atoms with E-state index >= 15 is 0 Å². The largest absolute Gasteiger partial charge is 0.329 e. The predicted molar refractivity (Wildman–Crippen MR) is 69.6 cm³/mol. The molecule has 1 atom stereocenters. The number of hydrogen-bond acceptors (Lipinski definition) is 5. The highest BCUT2D eigenvalue weighted by Gasteiger charge is 2.26. The van der Waals surface area contributed by atoms with Gasteiger partial charge in [-0.3, -0.25) is 10.1 Å². The number of sulfonamides is 1. The van der Waals surface area contributed by atoms with Crippen LogP contribution in [0.15, 0.2) is 27.6 Å². The van der Waals surface area contributed by atoms with Crippen molar-refractivity contribution in [2.45, 2.75) is 17.9 Å². The van der Waals surface area contributed by atoms with Gasteiger partial charge in [-0.1, -0.05) is 15.9 Å². The van der Waals surface area contributed by atoms with Gasteiger partial charge < -0.3 is 5.73 Å². The molecule has 0 aliphatic heterocycles. The summed E-state index contributed by atoms with van der Waals surface area (Å²) in [5.74, 6) is 0. The fourth-order valence-corrected chi connectivity index (χ4v) is 3.20. The standard InChI is InChI=1S/C9H12BrN3O4S/c1-6(5-11)12-18(16,17)9-4-7(10)2-3-8(9)13(14)15/h2-4,6,12H,5,11H2,1H3/t6-/m0/s1. The van der Waals surface area contributed by atoms with Gasteiger partial charge in [-0.25, -0.2) is 13.1 Å². The van der Waals surface area contributed by atoms with Crippen molar-refractivity contribution in [3.05, 3.63) is 32.8 Å². The Morgan fingerprint density at radius 3 is 2.67 bits per heavy atom. The number of nitrogens with zero attached hydrogens (tertiary/aromatic N) is 1. The van der Waals surface area contributed by atoms with Gasteiger partial charge in [0.1, 0.15) is 0 Å². The minimum atomic E-state index is -3.97. The average molecular weight is 338 g/mol. The molecule has 0 bridgehead atoms. The molecular weight excluding hydrogens is 326 g/mol. The Bertz CT molecular complexity index is 561. The van der Waals surface area contributed by atoms with Crippen molar-refractivity contribution in [2.75, 3.05) is 6.54 Å². The van der Waals surface area contributed by atoms with E-state index in [9.17, 15) is 18.5 Å². The molecule has 0 saturated heterocycles. The number of halogens is 1. The van der Waals surface area contributed by atoms with Crippen LogP contribution in [0.3, 0.4) is 0 Å². The van der Waals surface area contributed by atoms with Crippen molar-refractivity contribution in [3.63, 3.8) is 0 Å². The van der Waals surface area contributed by atoms with Crippen molar-refractivity contribution in [1.29, 1.82) is 0 Å². The summed E-state index contributed by atoms with van der Waals surface area (Å²) >= 11 is 3.08. The first-order chi connectivity index (χ1) is 8.27. The van der Waals surface area contributed by atoms with E-state index in [1.54, 1.807) is 6.92 Å². The first kappa shape index (κ1) is 15.0. The molecule has 0 aliphatic carbocycles. The van der Waals surface area contributed by atoms with E-state index in [4.69, 9.17) is 5.73 Å². The second-order valence-electron chi connectivity index (χ2n) is 3.63. The number of nitro groups is 1. The van der Waals surface area contributed by atoms with E-state index in [2.05, 4.69) is 20.7 Å². The van der Waals surface area contributed by atoms with E-state index in [-0.39, 0.29) is 11.4 Å². The molecule has 7 nitrogen and oxygen atoms in total. The fraction of sp³-hybridized carbons (Fsp3) is 0.333. The summed E-state index contributed by atoms with van der Waals surface area (Å²) in [7, 11) is -3.97.